The van der Waals surface area contributed by atoms with Gasteiger partial charge in [-0.2, -0.15) is 61.5 Å². The van der Waals surface area contributed by atoms with Crippen molar-refractivity contribution < 1.29 is 61.5 Å². The molecule has 18 heteroatoms. The zero-order valence-electron chi connectivity index (χ0n) is 19.9. The van der Waals surface area contributed by atoms with Gasteiger partial charge in [-0.05, 0) is 17.5 Å². The van der Waals surface area contributed by atoms with Crippen LogP contribution in [0.2, 0.25) is 0 Å². The van der Waals surface area contributed by atoms with Crippen LogP contribution >= 0.6 is 0 Å². The molecule has 0 N–H and O–H groups in total. The first-order valence-corrected chi connectivity index (χ1v) is 11.0. The number of halogens is 14. The second-order valence-corrected chi connectivity index (χ2v) is 8.60. The van der Waals surface area contributed by atoms with Gasteiger partial charge in [0.25, 0.3) is 0 Å². The van der Waals surface area contributed by atoms with Crippen molar-refractivity contribution in [3.05, 3.63) is 72.4 Å². The molecule has 4 rings (SSSR count). The molecule has 0 amide bonds. The van der Waals surface area contributed by atoms with Gasteiger partial charge in [0.15, 0.2) is 5.82 Å². The number of alkyl halides is 14. The minimum Gasteiger partial charge on any atom is -0.256 e. The van der Waals surface area contributed by atoms with Crippen LogP contribution in [0, 0.1) is 0 Å². The van der Waals surface area contributed by atoms with Crippen molar-refractivity contribution in [1.82, 2.24) is 19.9 Å². The highest BCUT2D eigenvalue weighted by Gasteiger charge is 2.77. The third kappa shape index (κ3) is 4.95. The summed E-state index contributed by atoms with van der Waals surface area (Å²) in [5.74, 6) is -35.4. The Morgan fingerprint density at radius 3 is 1.45 bits per heavy atom. The molecule has 2 heterocycles. The van der Waals surface area contributed by atoms with E-state index >= 15 is 0 Å². The molecule has 4 nitrogen and oxygen atoms in total. The van der Waals surface area contributed by atoms with Gasteiger partial charge in [0, 0.05) is 22.7 Å². The number of nitrogens with zero attached hydrogens (tertiary/aromatic N) is 4. The molecule has 0 aliphatic rings. The van der Waals surface area contributed by atoms with Gasteiger partial charge in [-0.3, -0.25) is 4.98 Å². The number of fused-ring (bicyclic) bond motifs is 1. The molecule has 2 aromatic carbocycles. The first-order valence-electron chi connectivity index (χ1n) is 11.0. The predicted octanol–water partition coefficient (Wildman–Crippen LogP) is 8.33. The molecule has 0 fully saturated rings. The second-order valence-electron chi connectivity index (χ2n) is 8.60. The van der Waals surface area contributed by atoms with Crippen molar-refractivity contribution in [1.29, 1.82) is 0 Å². The van der Waals surface area contributed by atoms with Crippen LogP contribution < -0.4 is 0 Å². The van der Waals surface area contributed by atoms with Gasteiger partial charge < -0.3 is 0 Å². The fourth-order valence-electron chi connectivity index (χ4n) is 3.48. The number of rotatable bonds is 6. The largest absolute Gasteiger partial charge is 0.460 e. The van der Waals surface area contributed by atoms with Crippen LogP contribution in [0.15, 0.2) is 60.8 Å². The minimum atomic E-state index is -7.09. The number of hydrogen-bond donors (Lipinski definition) is 0. The molecule has 42 heavy (non-hydrogen) atoms. The summed E-state index contributed by atoms with van der Waals surface area (Å²) in [6, 6.07) is 12.1. The van der Waals surface area contributed by atoms with Crippen molar-refractivity contribution in [2.24, 2.45) is 0 Å². The Hall–Kier alpha value is -4.12. The highest BCUT2D eigenvalue weighted by atomic mass is 19.4. The average Bonchev–Trinajstić information content (AvgIpc) is 2.91. The minimum absolute atomic E-state index is 0.0153. The molecule has 0 aliphatic heterocycles. The number of pyridine rings is 1. The molecule has 0 atom stereocenters. The van der Waals surface area contributed by atoms with E-state index in [-0.39, 0.29) is 11.3 Å². The Labute approximate surface area is 224 Å². The fourth-order valence-corrected chi connectivity index (χ4v) is 3.48. The summed E-state index contributed by atoms with van der Waals surface area (Å²) in [6.07, 6.45) is -12.8. The lowest BCUT2D eigenvalue weighted by Crippen LogP contribution is -2.52. The van der Waals surface area contributed by atoms with Gasteiger partial charge in [-0.15, -0.1) is 0 Å². The van der Waals surface area contributed by atoms with E-state index in [0.717, 1.165) is 18.2 Å². The van der Waals surface area contributed by atoms with E-state index in [0.29, 0.717) is 10.8 Å². The molecular weight excluding hydrogens is 610 g/mol. The van der Waals surface area contributed by atoms with E-state index in [9.17, 15) is 61.5 Å². The quantitative estimate of drug-likeness (QED) is 0.204. The van der Waals surface area contributed by atoms with Gasteiger partial charge in [0.05, 0.1) is 5.69 Å². The van der Waals surface area contributed by atoms with Crippen LogP contribution in [-0.2, 0) is 11.8 Å². The van der Waals surface area contributed by atoms with Gasteiger partial charge in [-0.1, -0.05) is 42.5 Å². The third-order valence-corrected chi connectivity index (χ3v) is 5.75. The Morgan fingerprint density at radius 2 is 0.952 bits per heavy atom. The highest BCUT2D eigenvalue weighted by molar-refractivity contribution is 5.85. The molecule has 0 unspecified atom stereocenters. The highest BCUT2D eigenvalue weighted by Crippen LogP contribution is 2.53. The van der Waals surface area contributed by atoms with Crippen molar-refractivity contribution in [2.45, 2.75) is 36.0 Å². The molecule has 0 saturated heterocycles. The van der Waals surface area contributed by atoms with E-state index < -0.39 is 59.1 Å². The SMILES string of the molecule is FC(F)(F)C(F)(F)C(F)(F)c1nc(-c2cccc(-c3cc4ccccc4cn3)c2)nc(C(F)(F)C(F)(F)C(F)(F)F)n1. The maximum Gasteiger partial charge on any atom is 0.460 e. The molecule has 2 aromatic heterocycles. The molecule has 224 valence electrons. The summed E-state index contributed by atoms with van der Waals surface area (Å²) in [5, 5.41) is 1.24. The first kappa shape index (κ1) is 30.8. The Bertz CT molecular complexity index is 1570. The number of benzene rings is 2. The van der Waals surface area contributed by atoms with Crippen LogP contribution in [0.5, 0.6) is 0 Å². The van der Waals surface area contributed by atoms with Crippen molar-refractivity contribution in [2.75, 3.05) is 0 Å². The van der Waals surface area contributed by atoms with Gasteiger partial charge in [-0.25, -0.2) is 15.0 Å². The van der Waals surface area contributed by atoms with Gasteiger partial charge >= 0.3 is 36.0 Å². The summed E-state index contributed by atoms with van der Waals surface area (Å²) in [6.45, 7) is 0. The summed E-state index contributed by atoms with van der Waals surface area (Å²) >= 11 is 0. The average molecular weight is 620 g/mol. The van der Waals surface area contributed by atoms with Gasteiger partial charge in [0.2, 0.25) is 11.6 Å². The Kier molecular flexibility index (Phi) is 7.14. The standard InChI is InChI=1S/C24H10F14N4/c25-19(26,21(29,30)23(33,34)35)17-40-16(41-18(42-17)20(27,28)22(31,32)24(36,37)38)13-7-3-6-12(8-13)15-9-11-4-1-2-5-14(11)10-39-15/h1-10H. The molecule has 0 aliphatic carbocycles. The zero-order chi connectivity index (χ0) is 31.5. The van der Waals surface area contributed by atoms with Crippen molar-refractivity contribution in [3.8, 4) is 22.6 Å². The molecule has 4 aromatic rings. The summed E-state index contributed by atoms with van der Waals surface area (Å²) < 4.78 is 189. The van der Waals surface area contributed by atoms with Gasteiger partial charge in [0.1, 0.15) is 0 Å². The molecule has 0 saturated carbocycles. The normalized spacial score (nSPS) is 14.0. The van der Waals surface area contributed by atoms with Crippen LogP contribution in [0.1, 0.15) is 11.6 Å². The third-order valence-electron chi connectivity index (χ3n) is 5.75. The number of aromatic nitrogens is 4. The lowest BCUT2D eigenvalue weighted by Gasteiger charge is -2.29. The molecule has 0 bridgehead atoms. The Morgan fingerprint density at radius 1 is 0.476 bits per heavy atom. The summed E-state index contributed by atoms with van der Waals surface area (Å²) in [4.78, 5) is 11.3. The maximum absolute atomic E-state index is 14.4. The second kappa shape index (κ2) is 9.72. The Balaban J connectivity index is 1.96. The lowest BCUT2D eigenvalue weighted by molar-refractivity contribution is -0.364. The van der Waals surface area contributed by atoms with E-state index in [4.69, 9.17) is 0 Å². The summed E-state index contributed by atoms with van der Waals surface area (Å²) in [7, 11) is 0. The molecular formula is C24H10F14N4. The van der Waals surface area contributed by atoms with E-state index in [1.807, 2.05) is 4.98 Å². The molecule has 0 radical (unpaired) electrons. The maximum atomic E-state index is 14.4. The topological polar surface area (TPSA) is 51.6 Å². The van der Waals surface area contributed by atoms with Crippen LogP contribution in [-0.4, -0.2) is 44.1 Å². The van der Waals surface area contributed by atoms with E-state index in [1.165, 1.54) is 18.3 Å². The summed E-state index contributed by atoms with van der Waals surface area (Å²) in [5.41, 5.74) is -0.626. The van der Waals surface area contributed by atoms with E-state index in [2.05, 4.69) is 15.0 Å². The predicted molar refractivity (Wildman–Crippen MR) is 116 cm³/mol. The fraction of sp³-hybridized carbons (Fsp3) is 0.250. The van der Waals surface area contributed by atoms with E-state index in [1.54, 1.807) is 24.3 Å². The van der Waals surface area contributed by atoms with Crippen molar-refractivity contribution in [3.63, 3.8) is 0 Å². The van der Waals surface area contributed by atoms with Crippen LogP contribution in [0.25, 0.3) is 33.4 Å². The number of hydrogen-bond acceptors (Lipinski definition) is 4. The van der Waals surface area contributed by atoms with Crippen LogP contribution in [0.4, 0.5) is 61.5 Å². The monoisotopic (exact) mass is 620 g/mol. The van der Waals surface area contributed by atoms with Crippen molar-refractivity contribution >= 4 is 10.8 Å². The zero-order valence-corrected chi connectivity index (χ0v) is 19.9. The first-order chi connectivity index (χ1) is 19.1. The molecule has 0 spiro atoms. The van der Waals surface area contributed by atoms with Crippen LogP contribution in [0.3, 0.4) is 0 Å². The smallest absolute Gasteiger partial charge is 0.256 e. The lowest BCUT2D eigenvalue weighted by atomic mass is 10.0.